The Morgan fingerprint density at radius 2 is 2.35 bits per heavy atom. The van der Waals surface area contributed by atoms with E-state index in [4.69, 9.17) is 16.3 Å². The van der Waals surface area contributed by atoms with Crippen molar-refractivity contribution in [2.45, 2.75) is 24.6 Å². The summed E-state index contributed by atoms with van der Waals surface area (Å²) < 4.78 is 20.6. The number of aliphatic hydroxyl groups is 1. The van der Waals surface area contributed by atoms with E-state index in [1.165, 1.54) is 19.2 Å². The lowest BCUT2D eigenvalue weighted by atomic mass is 9.83. The molecule has 0 bridgehead atoms. The van der Waals surface area contributed by atoms with Crippen LogP contribution in [0.1, 0.15) is 22.8 Å². The summed E-state index contributed by atoms with van der Waals surface area (Å²) >= 11 is 5.77. The topological polar surface area (TPSA) is 76.4 Å². The molecule has 1 aliphatic carbocycles. The fourth-order valence-electron chi connectivity index (χ4n) is 2.67. The van der Waals surface area contributed by atoms with Gasteiger partial charge in [-0.3, -0.25) is 9.48 Å². The van der Waals surface area contributed by atoms with Gasteiger partial charge in [0.2, 0.25) is 0 Å². The van der Waals surface area contributed by atoms with Gasteiger partial charge in [0, 0.05) is 18.5 Å². The van der Waals surface area contributed by atoms with Crippen molar-refractivity contribution in [3.05, 3.63) is 47.0 Å². The van der Waals surface area contributed by atoms with Crippen molar-refractivity contribution in [2.24, 2.45) is 0 Å². The highest BCUT2D eigenvalue weighted by molar-refractivity contribution is 6.31. The number of rotatable bonds is 4. The molecule has 2 aromatic rings. The number of hydrogen-bond acceptors (Lipinski definition) is 4. The highest BCUT2D eigenvalue weighted by Crippen LogP contribution is 2.33. The van der Waals surface area contributed by atoms with Gasteiger partial charge in [-0.05, 0) is 18.6 Å². The molecule has 8 heteroatoms. The average molecular weight is 340 g/mol. The number of nitrogens with one attached hydrogen (secondary N) is 1. The monoisotopic (exact) mass is 339 g/mol. The van der Waals surface area contributed by atoms with Gasteiger partial charge in [-0.25, -0.2) is 4.39 Å². The third-order valence-electron chi connectivity index (χ3n) is 3.93. The predicted molar refractivity (Wildman–Crippen MR) is 81.1 cm³/mol. The molecule has 2 N–H and O–H groups in total. The summed E-state index contributed by atoms with van der Waals surface area (Å²) in [6.07, 6.45) is 3.05. The number of hydrogen-bond donors (Lipinski definition) is 2. The Balaban J connectivity index is 1.79. The molecule has 0 spiro atoms. The molecule has 1 fully saturated rings. The standard InChI is InChI=1S/C15H15ClFN3O3/c1-23-8-5-9(13(17)10(16)6-8)15(22)19-11-7-12(21)14(11)20-4-2-3-18-20/h2-6,11-12,14,21H,7H2,1H3,(H,19,22)/t11-,12+,14+/m0/s1. The zero-order valence-electron chi connectivity index (χ0n) is 12.2. The van der Waals surface area contributed by atoms with Gasteiger partial charge < -0.3 is 15.2 Å². The van der Waals surface area contributed by atoms with E-state index in [-0.39, 0.29) is 22.7 Å². The van der Waals surface area contributed by atoms with Gasteiger partial charge in [-0.15, -0.1) is 0 Å². The van der Waals surface area contributed by atoms with E-state index in [0.29, 0.717) is 12.2 Å². The summed E-state index contributed by atoms with van der Waals surface area (Å²) in [7, 11) is 1.40. The van der Waals surface area contributed by atoms with Crippen LogP contribution < -0.4 is 10.1 Å². The lowest BCUT2D eigenvalue weighted by Crippen LogP contribution is -2.56. The van der Waals surface area contributed by atoms with E-state index in [1.807, 2.05) is 0 Å². The summed E-state index contributed by atoms with van der Waals surface area (Å²) in [6.45, 7) is 0. The minimum absolute atomic E-state index is 0.188. The van der Waals surface area contributed by atoms with Crippen molar-refractivity contribution >= 4 is 17.5 Å². The number of ether oxygens (including phenoxy) is 1. The van der Waals surface area contributed by atoms with Crippen molar-refractivity contribution in [3.8, 4) is 5.75 Å². The van der Waals surface area contributed by atoms with Gasteiger partial charge in [0.15, 0.2) is 5.82 Å². The fraction of sp³-hybridized carbons (Fsp3) is 0.333. The Hall–Kier alpha value is -2.12. The normalized spacial score (nSPS) is 23.2. The Morgan fingerprint density at radius 3 is 2.96 bits per heavy atom. The van der Waals surface area contributed by atoms with Gasteiger partial charge in [-0.1, -0.05) is 11.6 Å². The quantitative estimate of drug-likeness (QED) is 0.890. The zero-order chi connectivity index (χ0) is 16.6. The van der Waals surface area contributed by atoms with Gasteiger partial charge in [0.1, 0.15) is 5.75 Å². The molecule has 23 heavy (non-hydrogen) atoms. The van der Waals surface area contributed by atoms with E-state index >= 15 is 0 Å². The van der Waals surface area contributed by atoms with Gasteiger partial charge in [-0.2, -0.15) is 5.10 Å². The van der Waals surface area contributed by atoms with Crippen molar-refractivity contribution in [1.29, 1.82) is 0 Å². The fourth-order valence-corrected chi connectivity index (χ4v) is 2.88. The van der Waals surface area contributed by atoms with Crippen LogP contribution in [0.25, 0.3) is 0 Å². The van der Waals surface area contributed by atoms with Crippen LogP contribution in [0.4, 0.5) is 4.39 Å². The second-order valence-electron chi connectivity index (χ2n) is 5.33. The van der Waals surface area contributed by atoms with E-state index in [9.17, 15) is 14.3 Å². The first kappa shape index (κ1) is 15.8. The molecule has 3 rings (SSSR count). The number of carbonyl (C=O) groups excluding carboxylic acids is 1. The van der Waals surface area contributed by atoms with Crippen LogP contribution in [-0.2, 0) is 0 Å². The summed E-state index contributed by atoms with van der Waals surface area (Å²) in [5.41, 5.74) is -0.199. The highest BCUT2D eigenvalue weighted by Gasteiger charge is 2.43. The molecular formula is C15H15ClFN3O3. The van der Waals surface area contributed by atoms with Crippen molar-refractivity contribution in [2.75, 3.05) is 7.11 Å². The molecule has 1 aromatic heterocycles. The molecule has 1 saturated carbocycles. The molecule has 0 aliphatic heterocycles. The van der Waals surface area contributed by atoms with Crippen LogP contribution in [-0.4, -0.2) is 40.0 Å². The molecule has 0 saturated heterocycles. The number of halogens is 2. The lowest BCUT2D eigenvalue weighted by molar-refractivity contribution is -0.00593. The molecule has 0 radical (unpaired) electrons. The molecule has 6 nitrogen and oxygen atoms in total. The highest BCUT2D eigenvalue weighted by atomic mass is 35.5. The molecule has 1 amide bonds. The maximum Gasteiger partial charge on any atom is 0.254 e. The number of amides is 1. The number of benzene rings is 1. The van der Waals surface area contributed by atoms with Crippen molar-refractivity contribution < 1.29 is 19.0 Å². The molecular weight excluding hydrogens is 325 g/mol. The number of aromatic nitrogens is 2. The van der Waals surface area contributed by atoms with E-state index in [2.05, 4.69) is 10.4 Å². The van der Waals surface area contributed by atoms with Crippen LogP contribution in [0, 0.1) is 5.82 Å². The second-order valence-corrected chi connectivity index (χ2v) is 5.74. The molecule has 1 aliphatic rings. The van der Waals surface area contributed by atoms with E-state index in [1.54, 1.807) is 23.1 Å². The lowest BCUT2D eigenvalue weighted by Gasteiger charge is -2.41. The summed E-state index contributed by atoms with van der Waals surface area (Å²) in [5, 5.41) is 16.5. The number of aliphatic hydroxyl groups excluding tert-OH is 1. The van der Waals surface area contributed by atoms with E-state index in [0.717, 1.165) is 0 Å². The number of nitrogens with zero attached hydrogens (tertiary/aromatic N) is 2. The Morgan fingerprint density at radius 1 is 1.57 bits per heavy atom. The first-order valence-electron chi connectivity index (χ1n) is 7.02. The predicted octanol–water partition coefficient (Wildman–Crippen LogP) is 1.79. The molecule has 0 unspecified atom stereocenters. The van der Waals surface area contributed by atoms with Gasteiger partial charge in [0.25, 0.3) is 5.91 Å². The third-order valence-corrected chi connectivity index (χ3v) is 4.21. The van der Waals surface area contributed by atoms with Crippen LogP contribution in [0.2, 0.25) is 5.02 Å². The van der Waals surface area contributed by atoms with E-state index < -0.39 is 17.8 Å². The van der Waals surface area contributed by atoms with Crippen LogP contribution in [0.5, 0.6) is 5.75 Å². The minimum Gasteiger partial charge on any atom is -0.497 e. The third kappa shape index (κ3) is 2.89. The Kier molecular flexibility index (Phi) is 4.23. The average Bonchev–Trinajstić information content (AvgIpc) is 3.02. The first-order valence-corrected chi connectivity index (χ1v) is 7.40. The summed E-state index contributed by atoms with van der Waals surface area (Å²) in [4.78, 5) is 12.3. The van der Waals surface area contributed by atoms with Crippen molar-refractivity contribution in [1.82, 2.24) is 15.1 Å². The van der Waals surface area contributed by atoms with Crippen LogP contribution in [0.3, 0.4) is 0 Å². The number of methoxy groups -OCH3 is 1. The van der Waals surface area contributed by atoms with Gasteiger partial charge >= 0.3 is 0 Å². The molecule has 122 valence electrons. The summed E-state index contributed by atoms with van der Waals surface area (Å²) in [5.74, 6) is -1.13. The van der Waals surface area contributed by atoms with Gasteiger partial charge in [0.05, 0.1) is 35.9 Å². The van der Waals surface area contributed by atoms with Crippen LogP contribution >= 0.6 is 11.6 Å². The molecule has 1 heterocycles. The maximum absolute atomic E-state index is 14.1. The smallest absolute Gasteiger partial charge is 0.254 e. The largest absolute Gasteiger partial charge is 0.497 e. The summed E-state index contributed by atoms with van der Waals surface area (Å²) in [6, 6.07) is 3.59. The SMILES string of the molecule is COc1cc(Cl)c(F)c(C(=O)N[C@H]2C[C@@H](O)[C@@H]2n2cccn2)c1. The first-order chi connectivity index (χ1) is 11.0. The maximum atomic E-state index is 14.1. The van der Waals surface area contributed by atoms with Crippen LogP contribution in [0.15, 0.2) is 30.6 Å². The molecule has 3 atom stereocenters. The minimum atomic E-state index is -0.805. The Labute approximate surface area is 136 Å². The zero-order valence-corrected chi connectivity index (χ0v) is 13.0. The molecule has 1 aromatic carbocycles. The second kappa shape index (κ2) is 6.17. The number of carbonyl (C=O) groups is 1. The Bertz CT molecular complexity index is 723. The van der Waals surface area contributed by atoms with Crippen molar-refractivity contribution in [3.63, 3.8) is 0 Å².